The van der Waals surface area contributed by atoms with Crippen LogP contribution in [-0.2, 0) is 27.8 Å². The second-order valence-electron chi connectivity index (χ2n) is 8.03. The summed E-state index contributed by atoms with van der Waals surface area (Å²) in [5, 5.41) is 3.16. The number of carbonyl (C=O) groups excluding carboxylic acids is 1. The van der Waals surface area contributed by atoms with Gasteiger partial charge in [-0.1, -0.05) is 25.0 Å². The van der Waals surface area contributed by atoms with Crippen molar-refractivity contribution >= 4 is 15.9 Å². The molecule has 1 amide bonds. The van der Waals surface area contributed by atoms with Gasteiger partial charge in [0.15, 0.2) is 0 Å². The van der Waals surface area contributed by atoms with Crippen LogP contribution in [0.1, 0.15) is 60.5 Å². The zero-order valence-corrected chi connectivity index (χ0v) is 17.5. The van der Waals surface area contributed by atoms with Gasteiger partial charge in [-0.05, 0) is 67.5 Å². The molecule has 0 spiro atoms. The summed E-state index contributed by atoms with van der Waals surface area (Å²) in [6.45, 7) is 2.05. The minimum atomic E-state index is -3.67. The van der Waals surface area contributed by atoms with E-state index in [1.54, 1.807) is 18.3 Å². The lowest BCUT2D eigenvalue weighted by Crippen LogP contribution is -2.32. The number of carbonyl (C=O) groups is 1. The van der Waals surface area contributed by atoms with Crippen LogP contribution < -0.4 is 10.0 Å². The normalized spacial score (nSPS) is 19.3. The highest BCUT2D eigenvalue weighted by molar-refractivity contribution is 7.89. The van der Waals surface area contributed by atoms with E-state index in [2.05, 4.69) is 15.0 Å². The van der Waals surface area contributed by atoms with Gasteiger partial charge in [0, 0.05) is 12.1 Å². The number of aryl methyl sites for hydroxylation is 2. The first kappa shape index (κ1) is 20.0. The Bertz CT molecular complexity index is 1010. The summed E-state index contributed by atoms with van der Waals surface area (Å²) in [4.78, 5) is 17.0. The van der Waals surface area contributed by atoms with E-state index in [4.69, 9.17) is 0 Å². The van der Waals surface area contributed by atoms with Crippen LogP contribution in [0.5, 0.6) is 0 Å². The summed E-state index contributed by atoms with van der Waals surface area (Å²) < 4.78 is 28.3. The number of amides is 1. The zero-order valence-electron chi connectivity index (χ0n) is 16.6. The molecule has 154 valence electrons. The summed E-state index contributed by atoms with van der Waals surface area (Å²) in [6.07, 6.45) is 7.47. The van der Waals surface area contributed by atoms with E-state index < -0.39 is 10.0 Å². The molecule has 1 aromatic carbocycles. The maximum atomic E-state index is 12.8. The molecule has 6 nitrogen and oxygen atoms in total. The number of hydrogen-bond acceptors (Lipinski definition) is 4. The van der Waals surface area contributed by atoms with Crippen LogP contribution in [0.2, 0.25) is 0 Å². The average Bonchev–Trinajstić information content (AvgIpc) is 3.37. The molecule has 2 aliphatic rings. The van der Waals surface area contributed by atoms with Crippen molar-refractivity contribution in [2.45, 2.75) is 62.9 Å². The second kappa shape index (κ2) is 8.24. The fourth-order valence-electron chi connectivity index (χ4n) is 4.33. The fourth-order valence-corrected chi connectivity index (χ4v) is 5.35. The molecule has 29 heavy (non-hydrogen) atoms. The molecular formula is C22H27N3O3S. The molecule has 4 rings (SSSR count). The quantitative estimate of drug-likeness (QED) is 0.761. The van der Waals surface area contributed by atoms with Crippen molar-refractivity contribution in [1.82, 2.24) is 15.0 Å². The third-order valence-corrected chi connectivity index (χ3v) is 7.49. The van der Waals surface area contributed by atoms with E-state index in [9.17, 15) is 13.2 Å². The van der Waals surface area contributed by atoms with Crippen molar-refractivity contribution in [1.29, 1.82) is 0 Å². The van der Waals surface area contributed by atoms with Gasteiger partial charge in [0.25, 0.3) is 0 Å². The molecule has 1 heterocycles. The molecule has 1 fully saturated rings. The summed E-state index contributed by atoms with van der Waals surface area (Å²) in [7, 11) is -3.67. The number of sulfonamides is 1. The number of rotatable bonds is 6. The molecule has 0 aliphatic heterocycles. The molecule has 1 saturated carbocycles. The van der Waals surface area contributed by atoms with Gasteiger partial charge in [0.05, 0.1) is 23.2 Å². The number of hydrogen-bond donors (Lipinski definition) is 2. The van der Waals surface area contributed by atoms with E-state index in [1.165, 1.54) is 0 Å². The molecule has 1 atom stereocenters. The lowest BCUT2D eigenvalue weighted by atomic mass is 10.0. The predicted octanol–water partition coefficient (Wildman–Crippen LogP) is 3.16. The Labute approximate surface area is 172 Å². The first-order chi connectivity index (χ1) is 13.9. The van der Waals surface area contributed by atoms with Crippen LogP contribution in [0.4, 0.5) is 0 Å². The topological polar surface area (TPSA) is 88.2 Å². The third-order valence-electron chi connectivity index (χ3n) is 6.10. The zero-order chi connectivity index (χ0) is 20.4. The maximum absolute atomic E-state index is 12.8. The minimum Gasteiger partial charge on any atom is -0.349 e. The Morgan fingerprint density at radius 1 is 1.17 bits per heavy atom. The SMILES string of the molecule is Cc1cccnc1CNS(=O)(=O)c1ccc2c(c1)C(NC(=O)C1CCCC1)CC2. The number of fused-ring (bicyclic) bond motifs is 1. The van der Waals surface area contributed by atoms with Gasteiger partial charge in [0.2, 0.25) is 15.9 Å². The van der Waals surface area contributed by atoms with Crippen molar-refractivity contribution in [2.75, 3.05) is 0 Å². The first-order valence-electron chi connectivity index (χ1n) is 10.3. The van der Waals surface area contributed by atoms with Crippen molar-refractivity contribution < 1.29 is 13.2 Å². The van der Waals surface area contributed by atoms with Gasteiger partial charge in [0.1, 0.15) is 0 Å². The molecule has 2 N–H and O–H groups in total. The summed E-state index contributed by atoms with van der Waals surface area (Å²) in [6, 6.07) is 8.87. The largest absolute Gasteiger partial charge is 0.349 e. The van der Waals surface area contributed by atoms with Crippen LogP contribution in [0, 0.1) is 12.8 Å². The van der Waals surface area contributed by atoms with Crippen molar-refractivity contribution in [3.05, 3.63) is 58.9 Å². The fraction of sp³-hybridized carbons (Fsp3) is 0.455. The van der Waals surface area contributed by atoms with E-state index in [-0.39, 0.29) is 29.3 Å². The predicted molar refractivity (Wildman–Crippen MR) is 111 cm³/mol. The second-order valence-corrected chi connectivity index (χ2v) is 9.80. The standard InChI is InChI=1S/C22H27N3O3S/c1-15-5-4-12-23-21(15)14-24-29(27,28)18-10-8-16-9-11-20(19(16)13-18)25-22(26)17-6-2-3-7-17/h4-5,8,10,12-13,17,20,24H,2-3,6-7,9,11,14H2,1H3,(H,25,26). The lowest BCUT2D eigenvalue weighted by molar-refractivity contribution is -0.125. The minimum absolute atomic E-state index is 0.105. The Morgan fingerprint density at radius 2 is 1.97 bits per heavy atom. The highest BCUT2D eigenvalue weighted by Gasteiger charge is 2.30. The van der Waals surface area contributed by atoms with Crippen LogP contribution in [-0.4, -0.2) is 19.3 Å². The molecule has 2 aromatic rings. The summed E-state index contributed by atoms with van der Waals surface area (Å²) in [5.41, 5.74) is 3.69. The smallest absolute Gasteiger partial charge is 0.240 e. The van der Waals surface area contributed by atoms with Crippen molar-refractivity contribution in [3.8, 4) is 0 Å². The van der Waals surface area contributed by atoms with Crippen LogP contribution in [0.25, 0.3) is 0 Å². The molecule has 0 saturated heterocycles. The monoisotopic (exact) mass is 413 g/mol. The third kappa shape index (κ3) is 4.36. The highest BCUT2D eigenvalue weighted by Crippen LogP contribution is 2.34. The van der Waals surface area contributed by atoms with Crippen molar-refractivity contribution in [2.24, 2.45) is 5.92 Å². The van der Waals surface area contributed by atoms with Crippen LogP contribution >= 0.6 is 0 Å². The molecule has 1 unspecified atom stereocenters. The average molecular weight is 414 g/mol. The highest BCUT2D eigenvalue weighted by atomic mass is 32.2. The Balaban J connectivity index is 1.49. The van der Waals surface area contributed by atoms with E-state index in [0.29, 0.717) is 5.69 Å². The number of nitrogens with zero attached hydrogens (tertiary/aromatic N) is 1. The van der Waals surface area contributed by atoms with Gasteiger partial charge in [-0.3, -0.25) is 9.78 Å². The Kier molecular flexibility index (Phi) is 5.69. The molecule has 0 radical (unpaired) electrons. The van der Waals surface area contributed by atoms with E-state index >= 15 is 0 Å². The summed E-state index contributed by atoms with van der Waals surface area (Å²) in [5.74, 6) is 0.214. The number of nitrogens with one attached hydrogen (secondary N) is 2. The van der Waals surface area contributed by atoms with Crippen LogP contribution in [0.3, 0.4) is 0 Å². The van der Waals surface area contributed by atoms with Gasteiger partial charge < -0.3 is 5.32 Å². The number of pyridine rings is 1. The summed E-state index contributed by atoms with van der Waals surface area (Å²) >= 11 is 0. The van der Waals surface area contributed by atoms with Gasteiger partial charge >= 0.3 is 0 Å². The van der Waals surface area contributed by atoms with Gasteiger partial charge in [-0.2, -0.15) is 0 Å². The van der Waals surface area contributed by atoms with Crippen LogP contribution in [0.15, 0.2) is 41.4 Å². The number of aromatic nitrogens is 1. The molecule has 1 aromatic heterocycles. The first-order valence-corrected chi connectivity index (χ1v) is 11.8. The Morgan fingerprint density at radius 3 is 2.72 bits per heavy atom. The van der Waals surface area contributed by atoms with E-state index in [0.717, 1.165) is 55.2 Å². The molecule has 0 bridgehead atoms. The molecule has 7 heteroatoms. The number of benzene rings is 1. The Hall–Kier alpha value is -2.25. The van der Waals surface area contributed by atoms with Crippen molar-refractivity contribution in [3.63, 3.8) is 0 Å². The van der Waals surface area contributed by atoms with E-state index in [1.807, 2.05) is 25.1 Å². The molecule has 2 aliphatic carbocycles. The maximum Gasteiger partial charge on any atom is 0.240 e. The lowest BCUT2D eigenvalue weighted by Gasteiger charge is -2.18. The molecular weight excluding hydrogens is 386 g/mol. The van der Waals surface area contributed by atoms with Gasteiger partial charge in [-0.25, -0.2) is 13.1 Å². The van der Waals surface area contributed by atoms with Gasteiger partial charge in [-0.15, -0.1) is 0 Å².